The van der Waals surface area contributed by atoms with E-state index in [-0.39, 0.29) is 0 Å². The molecule has 0 amide bonds. The van der Waals surface area contributed by atoms with Crippen molar-refractivity contribution in [1.82, 2.24) is 0 Å². The summed E-state index contributed by atoms with van der Waals surface area (Å²) in [6.45, 7) is -1.45. The average Bonchev–Trinajstić information content (AvgIpc) is 2.12. The molecule has 0 fully saturated rings. The Hall–Kier alpha value is -0.240. The quantitative estimate of drug-likeness (QED) is 0.261. The maximum atomic E-state index is 8.96. The smallest absolute Gasteiger partial charge is 0.111 e. The number of aliphatic hydroxyl groups excluding tert-OH is 6. The predicted octanol–water partition coefficient (Wildman–Crippen LogP) is -3.59. The van der Waals surface area contributed by atoms with E-state index < -0.39 is 37.6 Å². The van der Waals surface area contributed by atoms with Gasteiger partial charge in [0.15, 0.2) is 0 Å². The van der Waals surface area contributed by atoms with Gasteiger partial charge in [0.25, 0.3) is 0 Å². The highest BCUT2D eigenvalue weighted by Gasteiger charge is 2.29. The van der Waals surface area contributed by atoms with Gasteiger partial charge in [-0.3, -0.25) is 0 Å². The van der Waals surface area contributed by atoms with E-state index in [1.54, 1.807) is 0 Å². The van der Waals surface area contributed by atoms with Gasteiger partial charge in [0.2, 0.25) is 0 Å². The fraction of sp³-hybridized carbons (Fsp3) is 1.00. The Morgan fingerprint density at radius 2 is 0.917 bits per heavy atom. The molecule has 0 aromatic carbocycles. The molecule has 12 heavy (non-hydrogen) atoms. The molecule has 0 radical (unpaired) electrons. The van der Waals surface area contributed by atoms with E-state index in [2.05, 4.69) is 0 Å². The van der Waals surface area contributed by atoms with Crippen LogP contribution in [0.25, 0.3) is 0 Å². The predicted molar refractivity (Wildman–Crippen MR) is 38.2 cm³/mol. The van der Waals surface area contributed by atoms with Gasteiger partial charge in [-0.2, -0.15) is 0 Å². The van der Waals surface area contributed by atoms with Crippen LogP contribution in [0.1, 0.15) is 0 Å². The van der Waals surface area contributed by atoms with Gasteiger partial charge >= 0.3 is 0 Å². The maximum absolute atomic E-state index is 8.96. The van der Waals surface area contributed by atoms with Crippen LogP contribution in [0, 0.1) is 0 Å². The largest absolute Gasteiger partial charge is 0.394 e. The van der Waals surface area contributed by atoms with Crippen LogP contribution in [0.2, 0.25) is 0 Å². The van der Waals surface area contributed by atoms with Crippen LogP contribution in [0.4, 0.5) is 0 Å². The Labute approximate surface area is 69.3 Å². The van der Waals surface area contributed by atoms with E-state index in [1.807, 2.05) is 0 Å². The number of aliphatic hydroxyl groups is 6. The lowest BCUT2D eigenvalue weighted by Crippen LogP contribution is -2.46. The van der Waals surface area contributed by atoms with Crippen molar-refractivity contribution in [3.05, 3.63) is 0 Å². The first kappa shape index (κ1) is 11.8. The normalized spacial score (nSPS) is 21.5. The van der Waals surface area contributed by atoms with Crippen LogP contribution in [0.3, 0.4) is 0 Å². The first-order valence-corrected chi connectivity index (χ1v) is 3.48. The zero-order chi connectivity index (χ0) is 9.72. The van der Waals surface area contributed by atoms with Crippen LogP contribution in [-0.2, 0) is 0 Å². The molecule has 6 nitrogen and oxygen atoms in total. The lowest BCUT2D eigenvalue weighted by molar-refractivity contribution is -0.123. The van der Waals surface area contributed by atoms with Gasteiger partial charge < -0.3 is 30.6 Å². The van der Waals surface area contributed by atoms with E-state index in [0.717, 1.165) is 0 Å². The summed E-state index contributed by atoms with van der Waals surface area (Å²) < 4.78 is 0. The zero-order valence-corrected chi connectivity index (χ0v) is 6.41. The van der Waals surface area contributed by atoms with Gasteiger partial charge in [-0.1, -0.05) is 0 Å². The molecule has 0 heterocycles. The fourth-order valence-corrected chi connectivity index (χ4v) is 0.671. The molecule has 4 atom stereocenters. The lowest BCUT2D eigenvalue weighted by Gasteiger charge is -2.24. The van der Waals surface area contributed by atoms with Crippen LogP contribution in [0.5, 0.6) is 0 Å². The zero-order valence-electron chi connectivity index (χ0n) is 6.41. The van der Waals surface area contributed by atoms with Gasteiger partial charge in [-0.05, 0) is 0 Å². The van der Waals surface area contributed by atoms with Crippen molar-refractivity contribution in [3.8, 4) is 0 Å². The van der Waals surface area contributed by atoms with Crippen molar-refractivity contribution < 1.29 is 30.6 Å². The van der Waals surface area contributed by atoms with Crippen molar-refractivity contribution in [2.24, 2.45) is 0 Å². The highest BCUT2D eigenvalue weighted by Crippen LogP contribution is 2.03. The summed E-state index contributed by atoms with van der Waals surface area (Å²) in [4.78, 5) is 0. The van der Waals surface area contributed by atoms with E-state index in [9.17, 15) is 0 Å². The molecule has 1 unspecified atom stereocenters. The maximum Gasteiger partial charge on any atom is 0.111 e. The van der Waals surface area contributed by atoms with Crippen molar-refractivity contribution in [3.63, 3.8) is 0 Å². The second kappa shape index (κ2) is 5.41. The number of hydrogen-bond acceptors (Lipinski definition) is 6. The monoisotopic (exact) mass is 182 g/mol. The minimum absolute atomic E-state index is 0.726. The summed E-state index contributed by atoms with van der Waals surface area (Å²) in [5.74, 6) is 0. The Kier molecular flexibility index (Phi) is 5.31. The minimum Gasteiger partial charge on any atom is -0.394 e. The molecule has 0 aliphatic carbocycles. The molecular formula is C6H14O6. The third-order valence-electron chi connectivity index (χ3n) is 1.51. The van der Waals surface area contributed by atoms with E-state index in [1.165, 1.54) is 0 Å². The van der Waals surface area contributed by atoms with Crippen molar-refractivity contribution in [2.75, 3.05) is 13.2 Å². The molecule has 0 saturated heterocycles. The highest BCUT2D eigenvalue weighted by molar-refractivity contribution is 4.79. The van der Waals surface area contributed by atoms with E-state index in [4.69, 9.17) is 30.6 Å². The standard InChI is InChI=1S/C6H14O6/c7-1-3(9)5(11)6(12)4(10)2-8/h3-12H,1-2H2/t3-,4-,5-,6?/m1/s1. The van der Waals surface area contributed by atoms with Gasteiger partial charge in [0, 0.05) is 0 Å². The second-order valence-electron chi connectivity index (χ2n) is 2.48. The minimum atomic E-state index is -1.67. The van der Waals surface area contributed by atoms with E-state index >= 15 is 0 Å². The summed E-state index contributed by atoms with van der Waals surface area (Å²) in [5.41, 5.74) is 0. The van der Waals surface area contributed by atoms with E-state index in [0.29, 0.717) is 0 Å². The Morgan fingerprint density at radius 3 is 1.08 bits per heavy atom. The Bertz CT molecular complexity index is 105. The molecule has 0 aromatic heterocycles. The SMILES string of the molecule is OC[C@@H](O)C(O)[C@H](O)[C@H](O)CO. The van der Waals surface area contributed by atoms with Crippen molar-refractivity contribution in [1.29, 1.82) is 0 Å². The first-order valence-electron chi connectivity index (χ1n) is 3.48. The number of rotatable bonds is 5. The third kappa shape index (κ3) is 3.02. The van der Waals surface area contributed by atoms with Gasteiger partial charge in [0.05, 0.1) is 13.2 Å². The molecule has 0 spiro atoms. The molecular weight excluding hydrogens is 168 g/mol. The van der Waals surface area contributed by atoms with Gasteiger partial charge in [0.1, 0.15) is 24.4 Å². The third-order valence-corrected chi connectivity index (χ3v) is 1.51. The summed E-state index contributed by atoms with van der Waals surface area (Å²) in [6.07, 6.45) is -6.39. The highest BCUT2D eigenvalue weighted by atomic mass is 16.4. The fourth-order valence-electron chi connectivity index (χ4n) is 0.671. The molecule has 74 valence electrons. The first-order chi connectivity index (χ1) is 5.54. The lowest BCUT2D eigenvalue weighted by atomic mass is 10.0. The van der Waals surface area contributed by atoms with Gasteiger partial charge in [-0.25, -0.2) is 0 Å². The molecule has 0 aliphatic rings. The van der Waals surface area contributed by atoms with Crippen LogP contribution < -0.4 is 0 Å². The van der Waals surface area contributed by atoms with Crippen LogP contribution >= 0.6 is 0 Å². The Balaban J connectivity index is 3.99. The topological polar surface area (TPSA) is 121 Å². The molecule has 0 aliphatic heterocycles. The summed E-state index contributed by atoms with van der Waals surface area (Å²) in [7, 11) is 0. The molecule has 0 aromatic rings. The van der Waals surface area contributed by atoms with Crippen molar-refractivity contribution >= 4 is 0 Å². The molecule has 6 heteroatoms. The van der Waals surface area contributed by atoms with Crippen LogP contribution in [-0.4, -0.2) is 68.3 Å². The summed E-state index contributed by atoms with van der Waals surface area (Å²) in [6, 6.07) is 0. The molecule has 0 saturated carbocycles. The molecule has 6 N–H and O–H groups in total. The van der Waals surface area contributed by atoms with Crippen LogP contribution in [0.15, 0.2) is 0 Å². The summed E-state index contributed by atoms with van der Waals surface area (Å²) in [5, 5.41) is 52.2. The second-order valence-corrected chi connectivity index (χ2v) is 2.48. The van der Waals surface area contributed by atoms with Crippen molar-refractivity contribution in [2.45, 2.75) is 24.4 Å². The molecule has 0 rings (SSSR count). The summed E-state index contributed by atoms with van der Waals surface area (Å²) >= 11 is 0. The number of hydrogen-bond donors (Lipinski definition) is 6. The molecule has 0 bridgehead atoms. The van der Waals surface area contributed by atoms with Gasteiger partial charge in [-0.15, -0.1) is 0 Å². The average molecular weight is 182 g/mol. The Morgan fingerprint density at radius 1 is 0.667 bits per heavy atom.